The number of halogens is 4. The summed E-state index contributed by atoms with van der Waals surface area (Å²) in [5.74, 6) is -0.340. The zero-order chi connectivity index (χ0) is 22.0. The first-order valence-electron chi connectivity index (χ1n) is 10.1. The van der Waals surface area contributed by atoms with E-state index in [0.29, 0.717) is 36.9 Å². The van der Waals surface area contributed by atoms with Crippen LogP contribution in [0.3, 0.4) is 0 Å². The normalized spacial score (nSPS) is 21.9. The summed E-state index contributed by atoms with van der Waals surface area (Å²) >= 11 is 5.89. The summed E-state index contributed by atoms with van der Waals surface area (Å²) in [6.45, 7) is 3.91. The Hall–Kier alpha value is -2.30. The summed E-state index contributed by atoms with van der Waals surface area (Å²) in [4.78, 5) is 14.6. The van der Waals surface area contributed by atoms with Crippen LogP contribution in [0, 0.1) is 0 Å². The third-order valence-electron chi connectivity index (χ3n) is 5.51. The number of carbonyl (C=O) groups is 1. The molecule has 2 unspecified atom stereocenters. The Kier molecular flexibility index (Phi) is 6.40. The fraction of sp³-hybridized carbons (Fsp3) is 0.500. The highest BCUT2D eigenvalue weighted by molar-refractivity contribution is 6.30. The first-order chi connectivity index (χ1) is 14.8. The fourth-order valence-corrected chi connectivity index (χ4v) is 3.97. The van der Waals surface area contributed by atoms with Gasteiger partial charge in [-0.2, -0.15) is 18.3 Å². The van der Waals surface area contributed by atoms with E-state index in [4.69, 9.17) is 16.3 Å². The maximum absolute atomic E-state index is 13.8. The van der Waals surface area contributed by atoms with Crippen molar-refractivity contribution in [2.45, 2.75) is 24.7 Å². The molecule has 2 aliphatic heterocycles. The van der Waals surface area contributed by atoms with Crippen molar-refractivity contribution >= 4 is 23.3 Å². The number of fused-ring (bicyclic) bond motifs is 1. The Labute approximate surface area is 182 Å². The first-order valence-corrected chi connectivity index (χ1v) is 10.5. The molecule has 1 aromatic heterocycles. The van der Waals surface area contributed by atoms with Crippen LogP contribution in [-0.4, -0.2) is 66.2 Å². The van der Waals surface area contributed by atoms with Gasteiger partial charge in [-0.1, -0.05) is 23.7 Å². The average molecular weight is 458 g/mol. The lowest BCUT2D eigenvalue weighted by Crippen LogP contribution is -2.41. The quantitative estimate of drug-likeness (QED) is 0.721. The van der Waals surface area contributed by atoms with E-state index < -0.39 is 24.2 Å². The predicted molar refractivity (Wildman–Crippen MR) is 109 cm³/mol. The Balaban J connectivity index is 1.48. The van der Waals surface area contributed by atoms with E-state index in [0.717, 1.165) is 17.8 Å². The van der Waals surface area contributed by atoms with Gasteiger partial charge in [0.05, 0.1) is 19.3 Å². The molecule has 2 aliphatic rings. The SMILES string of the molecule is O=C(NCCN1CCOCC1)c1cc2n(n1)C(C(F)(F)F)CC(c1ccc(Cl)cc1)N2. The molecule has 0 aliphatic carbocycles. The number of anilines is 1. The summed E-state index contributed by atoms with van der Waals surface area (Å²) in [6, 6.07) is 5.62. The van der Waals surface area contributed by atoms with Crippen LogP contribution in [0.1, 0.15) is 34.6 Å². The third kappa shape index (κ3) is 5.13. The largest absolute Gasteiger partial charge is 0.410 e. The van der Waals surface area contributed by atoms with Crippen molar-refractivity contribution < 1.29 is 22.7 Å². The Morgan fingerprint density at radius 3 is 2.65 bits per heavy atom. The number of morpholine rings is 1. The smallest absolute Gasteiger partial charge is 0.379 e. The predicted octanol–water partition coefficient (Wildman–Crippen LogP) is 3.26. The maximum Gasteiger partial charge on any atom is 0.410 e. The Morgan fingerprint density at radius 2 is 1.97 bits per heavy atom. The number of rotatable bonds is 5. The van der Waals surface area contributed by atoms with Gasteiger partial charge in [0.2, 0.25) is 0 Å². The lowest BCUT2D eigenvalue weighted by atomic mass is 9.97. The number of hydrogen-bond acceptors (Lipinski definition) is 5. The molecular formula is C20H23ClF3N5O2. The van der Waals surface area contributed by atoms with Gasteiger partial charge in [0.15, 0.2) is 11.7 Å². The molecule has 4 rings (SSSR count). The molecule has 1 amide bonds. The van der Waals surface area contributed by atoms with Gasteiger partial charge in [-0.05, 0) is 17.7 Å². The van der Waals surface area contributed by atoms with Crippen molar-refractivity contribution in [3.05, 3.63) is 46.6 Å². The van der Waals surface area contributed by atoms with Gasteiger partial charge in [-0.25, -0.2) is 4.68 Å². The minimum atomic E-state index is -4.50. The highest BCUT2D eigenvalue weighted by atomic mass is 35.5. The Bertz CT molecular complexity index is 913. The van der Waals surface area contributed by atoms with E-state index >= 15 is 0 Å². The molecule has 2 N–H and O–H groups in total. The molecule has 0 radical (unpaired) electrons. The molecule has 0 bridgehead atoms. The van der Waals surface area contributed by atoms with Crippen molar-refractivity contribution in [1.29, 1.82) is 0 Å². The number of benzene rings is 1. The number of nitrogens with zero attached hydrogens (tertiary/aromatic N) is 3. The minimum absolute atomic E-state index is 0.0458. The van der Waals surface area contributed by atoms with Gasteiger partial charge in [0.25, 0.3) is 5.91 Å². The van der Waals surface area contributed by atoms with Gasteiger partial charge in [0, 0.05) is 43.7 Å². The number of ether oxygens (including phenoxy) is 1. The second-order valence-corrected chi connectivity index (χ2v) is 8.05. The van der Waals surface area contributed by atoms with Crippen LogP contribution in [0.2, 0.25) is 5.02 Å². The average Bonchev–Trinajstić information content (AvgIpc) is 3.18. The summed E-state index contributed by atoms with van der Waals surface area (Å²) in [5, 5.41) is 10.3. The van der Waals surface area contributed by atoms with E-state index in [2.05, 4.69) is 20.6 Å². The van der Waals surface area contributed by atoms with Crippen molar-refractivity contribution in [1.82, 2.24) is 20.0 Å². The summed E-state index contributed by atoms with van der Waals surface area (Å²) in [5.41, 5.74) is 0.637. The zero-order valence-corrected chi connectivity index (χ0v) is 17.4. The molecule has 0 saturated carbocycles. The molecule has 31 heavy (non-hydrogen) atoms. The summed E-state index contributed by atoms with van der Waals surface area (Å²) < 4.78 is 47.4. The maximum atomic E-state index is 13.8. The highest BCUT2D eigenvalue weighted by Gasteiger charge is 2.46. The lowest BCUT2D eigenvalue weighted by Gasteiger charge is -2.33. The van der Waals surface area contributed by atoms with Gasteiger partial charge in [0.1, 0.15) is 5.82 Å². The number of aromatic nitrogens is 2. The third-order valence-corrected chi connectivity index (χ3v) is 5.76. The van der Waals surface area contributed by atoms with E-state index in [1.54, 1.807) is 24.3 Å². The molecule has 2 aromatic rings. The molecule has 1 saturated heterocycles. The highest BCUT2D eigenvalue weighted by Crippen LogP contribution is 2.43. The molecule has 1 fully saturated rings. The molecular weight excluding hydrogens is 435 g/mol. The molecule has 1 aromatic carbocycles. The van der Waals surface area contributed by atoms with Crippen LogP contribution in [0.4, 0.5) is 19.0 Å². The topological polar surface area (TPSA) is 71.4 Å². The van der Waals surface area contributed by atoms with Crippen LogP contribution < -0.4 is 10.6 Å². The van der Waals surface area contributed by atoms with Crippen molar-refractivity contribution in [3.8, 4) is 0 Å². The van der Waals surface area contributed by atoms with E-state index in [-0.39, 0.29) is 17.9 Å². The van der Waals surface area contributed by atoms with Crippen molar-refractivity contribution in [2.24, 2.45) is 0 Å². The van der Waals surface area contributed by atoms with Gasteiger partial charge in [-0.15, -0.1) is 0 Å². The van der Waals surface area contributed by atoms with Gasteiger partial charge in [-0.3, -0.25) is 9.69 Å². The molecule has 0 spiro atoms. The van der Waals surface area contributed by atoms with Gasteiger partial charge >= 0.3 is 6.18 Å². The molecule has 168 valence electrons. The van der Waals surface area contributed by atoms with Crippen molar-refractivity contribution in [3.63, 3.8) is 0 Å². The monoisotopic (exact) mass is 457 g/mol. The lowest BCUT2D eigenvalue weighted by molar-refractivity contribution is -0.173. The van der Waals surface area contributed by atoms with Crippen LogP contribution in [0.25, 0.3) is 0 Å². The van der Waals surface area contributed by atoms with Crippen LogP contribution in [-0.2, 0) is 4.74 Å². The molecule has 7 nitrogen and oxygen atoms in total. The summed E-state index contributed by atoms with van der Waals surface area (Å²) in [6.07, 6.45) is -4.74. The van der Waals surface area contributed by atoms with Gasteiger partial charge < -0.3 is 15.4 Å². The van der Waals surface area contributed by atoms with Crippen LogP contribution in [0.5, 0.6) is 0 Å². The van der Waals surface area contributed by atoms with Crippen LogP contribution >= 0.6 is 11.6 Å². The number of carbonyl (C=O) groups excluding carboxylic acids is 1. The van der Waals surface area contributed by atoms with E-state index in [1.807, 2.05) is 0 Å². The van der Waals surface area contributed by atoms with Crippen molar-refractivity contribution in [2.75, 3.05) is 44.7 Å². The zero-order valence-electron chi connectivity index (χ0n) is 16.7. The minimum Gasteiger partial charge on any atom is -0.379 e. The van der Waals surface area contributed by atoms with E-state index in [9.17, 15) is 18.0 Å². The number of nitrogens with one attached hydrogen (secondary N) is 2. The molecule has 2 atom stereocenters. The Morgan fingerprint density at radius 1 is 1.26 bits per heavy atom. The standard InChI is InChI=1S/C20H23ClF3N5O2/c21-14-3-1-13(2-4-14)15-11-17(20(22,23)24)29-18(26-15)12-16(27-29)19(30)25-5-6-28-7-9-31-10-8-28/h1-4,12,15,17,26H,5-11H2,(H,25,30). The fourth-order valence-electron chi connectivity index (χ4n) is 3.84. The molecule has 3 heterocycles. The number of hydrogen-bond donors (Lipinski definition) is 2. The second kappa shape index (κ2) is 9.05. The van der Waals surface area contributed by atoms with E-state index in [1.165, 1.54) is 6.07 Å². The number of amides is 1. The summed E-state index contributed by atoms with van der Waals surface area (Å²) in [7, 11) is 0. The first kappa shape index (κ1) is 21.9. The number of alkyl halides is 3. The van der Waals surface area contributed by atoms with Crippen LogP contribution in [0.15, 0.2) is 30.3 Å². The molecule has 11 heteroatoms. The second-order valence-electron chi connectivity index (χ2n) is 7.61.